The van der Waals surface area contributed by atoms with Gasteiger partial charge in [-0.25, -0.2) is 14.6 Å². The van der Waals surface area contributed by atoms with E-state index in [1.807, 2.05) is 18.3 Å². The Morgan fingerprint density at radius 1 is 1.17 bits per heavy atom. The lowest BCUT2D eigenvalue weighted by molar-refractivity contribution is 0.0528. The monoisotopic (exact) mass is 333 g/mol. The van der Waals surface area contributed by atoms with Crippen molar-refractivity contribution in [3.05, 3.63) is 30.1 Å². The molecule has 0 atom stereocenters. The summed E-state index contributed by atoms with van der Waals surface area (Å²) in [6.07, 6.45) is 3.00. The Labute approximate surface area is 140 Å². The molecule has 0 bridgehead atoms. The Balaban J connectivity index is 1.67. The lowest BCUT2D eigenvalue weighted by Gasteiger charge is -2.19. The van der Waals surface area contributed by atoms with Crippen molar-refractivity contribution in [1.29, 1.82) is 0 Å². The standard InChI is InChI=1S/C16H23N5O3/c1-16(2,3)24-15(23)20-9-8-19-14(22)21-10-11-4-6-17-13-12(11)5-7-18-13/h4-7H,8-10H2,1-3H3,(H,17,18)(H,20,23)(H2,19,21,22). The van der Waals surface area contributed by atoms with Crippen LogP contribution in [-0.2, 0) is 11.3 Å². The van der Waals surface area contributed by atoms with E-state index < -0.39 is 11.7 Å². The van der Waals surface area contributed by atoms with Crippen molar-refractivity contribution < 1.29 is 14.3 Å². The molecule has 0 aliphatic rings. The number of rotatable bonds is 5. The van der Waals surface area contributed by atoms with Crippen molar-refractivity contribution in [2.24, 2.45) is 0 Å². The summed E-state index contributed by atoms with van der Waals surface area (Å²) in [5, 5.41) is 8.99. The van der Waals surface area contributed by atoms with Crippen LogP contribution < -0.4 is 16.0 Å². The number of hydrogen-bond donors (Lipinski definition) is 4. The van der Waals surface area contributed by atoms with E-state index in [0.29, 0.717) is 19.6 Å². The predicted molar refractivity (Wildman–Crippen MR) is 90.6 cm³/mol. The summed E-state index contributed by atoms with van der Waals surface area (Å²) < 4.78 is 5.10. The average Bonchev–Trinajstić information content (AvgIpc) is 2.96. The van der Waals surface area contributed by atoms with Crippen LogP contribution in [0, 0.1) is 0 Å². The number of carbonyl (C=O) groups excluding carboxylic acids is 2. The summed E-state index contributed by atoms with van der Waals surface area (Å²) in [7, 11) is 0. The molecule has 0 saturated carbocycles. The van der Waals surface area contributed by atoms with Gasteiger partial charge >= 0.3 is 12.1 Å². The van der Waals surface area contributed by atoms with Crippen LogP contribution in [0.4, 0.5) is 9.59 Å². The summed E-state index contributed by atoms with van der Waals surface area (Å²) in [4.78, 5) is 30.4. The molecule has 3 amide bonds. The molecule has 8 heteroatoms. The lowest BCUT2D eigenvalue weighted by atomic mass is 10.2. The third kappa shape index (κ3) is 5.45. The SMILES string of the molecule is CC(C)(C)OC(=O)NCCNC(=O)NCc1ccnc2[nH]ccc12. The van der Waals surface area contributed by atoms with Gasteiger partial charge in [-0.3, -0.25) is 0 Å². The van der Waals surface area contributed by atoms with Crippen molar-refractivity contribution >= 4 is 23.2 Å². The molecular formula is C16H23N5O3. The van der Waals surface area contributed by atoms with Gasteiger partial charge < -0.3 is 25.7 Å². The van der Waals surface area contributed by atoms with Crippen molar-refractivity contribution in [2.75, 3.05) is 13.1 Å². The first kappa shape index (κ1) is 17.6. The molecule has 2 aromatic heterocycles. The number of amides is 3. The molecule has 2 heterocycles. The molecule has 8 nitrogen and oxygen atoms in total. The van der Waals surface area contributed by atoms with Gasteiger partial charge in [-0.1, -0.05) is 0 Å². The Morgan fingerprint density at radius 3 is 2.67 bits per heavy atom. The molecule has 24 heavy (non-hydrogen) atoms. The highest BCUT2D eigenvalue weighted by Crippen LogP contribution is 2.14. The highest BCUT2D eigenvalue weighted by atomic mass is 16.6. The van der Waals surface area contributed by atoms with Crippen LogP contribution in [-0.4, -0.2) is 40.8 Å². The second-order valence-corrected chi connectivity index (χ2v) is 6.25. The third-order valence-corrected chi connectivity index (χ3v) is 3.07. The van der Waals surface area contributed by atoms with Crippen molar-refractivity contribution in [3.63, 3.8) is 0 Å². The van der Waals surface area contributed by atoms with Crippen LogP contribution in [0.3, 0.4) is 0 Å². The molecule has 0 aliphatic carbocycles. The molecule has 0 radical (unpaired) electrons. The maximum atomic E-state index is 11.8. The number of aromatic nitrogens is 2. The summed E-state index contributed by atoms with van der Waals surface area (Å²) in [5.74, 6) is 0. The second kappa shape index (κ2) is 7.67. The molecule has 0 aliphatic heterocycles. The molecule has 0 saturated heterocycles. The van der Waals surface area contributed by atoms with E-state index in [1.54, 1.807) is 27.0 Å². The minimum atomic E-state index is -0.539. The van der Waals surface area contributed by atoms with Gasteiger partial charge in [-0.15, -0.1) is 0 Å². The highest BCUT2D eigenvalue weighted by Gasteiger charge is 2.15. The van der Waals surface area contributed by atoms with E-state index in [2.05, 4.69) is 25.9 Å². The number of nitrogens with zero attached hydrogens (tertiary/aromatic N) is 1. The van der Waals surface area contributed by atoms with Gasteiger partial charge in [-0.2, -0.15) is 0 Å². The summed E-state index contributed by atoms with van der Waals surface area (Å²) in [6.45, 7) is 6.36. The number of urea groups is 1. The normalized spacial score (nSPS) is 11.1. The first-order valence-electron chi connectivity index (χ1n) is 7.75. The van der Waals surface area contributed by atoms with Crippen LogP contribution in [0.15, 0.2) is 24.5 Å². The molecular weight excluding hydrogens is 310 g/mol. The van der Waals surface area contributed by atoms with Gasteiger partial charge in [0.15, 0.2) is 0 Å². The average molecular weight is 333 g/mol. The molecule has 0 spiro atoms. The van der Waals surface area contributed by atoms with Crippen molar-refractivity contribution in [1.82, 2.24) is 25.9 Å². The number of alkyl carbamates (subject to hydrolysis) is 1. The van der Waals surface area contributed by atoms with Crippen LogP contribution in [0.5, 0.6) is 0 Å². The third-order valence-electron chi connectivity index (χ3n) is 3.07. The number of pyridine rings is 1. The second-order valence-electron chi connectivity index (χ2n) is 6.25. The van der Waals surface area contributed by atoms with Crippen LogP contribution in [0.2, 0.25) is 0 Å². The number of fused-ring (bicyclic) bond motifs is 1. The lowest BCUT2D eigenvalue weighted by Crippen LogP contribution is -2.41. The largest absolute Gasteiger partial charge is 0.444 e. The fourth-order valence-corrected chi connectivity index (χ4v) is 2.07. The first-order chi connectivity index (χ1) is 11.3. The van der Waals surface area contributed by atoms with Gasteiger partial charge in [0, 0.05) is 37.4 Å². The predicted octanol–water partition coefficient (Wildman–Crippen LogP) is 1.89. The van der Waals surface area contributed by atoms with Crippen LogP contribution in [0.25, 0.3) is 11.0 Å². The fraction of sp³-hybridized carbons (Fsp3) is 0.438. The number of carbonyl (C=O) groups is 2. The van der Waals surface area contributed by atoms with Crippen LogP contribution >= 0.6 is 0 Å². The number of ether oxygens (including phenoxy) is 1. The van der Waals surface area contributed by atoms with Gasteiger partial charge in [0.25, 0.3) is 0 Å². The molecule has 130 valence electrons. The molecule has 2 aromatic rings. The molecule has 0 unspecified atom stereocenters. The number of H-pyrrole nitrogens is 1. The van der Waals surface area contributed by atoms with Crippen molar-refractivity contribution in [3.8, 4) is 0 Å². The Kier molecular flexibility index (Phi) is 5.62. The number of nitrogens with one attached hydrogen (secondary N) is 4. The zero-order chi connectivity index (χ0) is 17.6. The van der Waals surface area contributed by atoms with E-state index in [9.17, 15) is 9.59 Å². The topological polar surface area (TPSA) is 108 Å². The zero-order valence-electron chi connectivity index (χ0n) is 14.1. The van der Waals surface area contributed by atoms with E-state index >= 15 is 0 Å². The quantitative estimate of drug-likeness (QED) is 0.627. The maximum Gasteiger partial charge on any atom is 0.407 e. The van der Waals surface area contributed by atoms with Crippen molar-refractivity contribution in [2.45, 2.75) is 32.9 Å². The molecule has 0 fully saturated rings. The van der Waals surface area contributed by atoms with Gasteiger partial charge in [0.1, 0.15) is 11.2 Å². The summed E-state index contributed by atoms with van der Waals surface area (Å²) in [5.41, 5.74) is 1.22. The Morgan fingerprint density at radius 2 is 1.92 bits per heavy atom. The van der Waals surface area contributed by atoms with Gasteiger partial charge in [-0.05, 0) is 38.5 Å². The fourth-order valence-electron chi connectivity index (χ4n) is 2.07. The van der Waals surface area contributed by atoms with E-state index in [-0.39, 0.29) is 6.03 Å². The Hall–Kier alpha value is -2.77. The van der Waals surface area contributed by atoms with E-state index in [1.165, 1.54) is 0 Å². The summed E-state index contributed by atoms with van der Waals surface area (Å²) >= 11 is 0. The van der Waals surface area contributed by atoms with E-state index in [4.69, 9.17) is 4.74 Å². The van der Waals surface area contributed by atoms with Gasteiger partial charge in [0.2, 0.25) is 0 Å². The highest BCUT2D eigenvalue weighted by molar-refractivity contribution is 5.80. The first-order valence-corrected chi connectivity index (χ1v) is 7.75. The zero-order valence-corrected chi connectivity index (χ0v) is 14.1. The summed E-state index contributed by atoms with van der Waals surface area (Å²) in [6, 6.07) is 3.48. The molecule has 2 rings (SSSR count). The maximum absolute atomic E-state index is 11.8. The minimum Gasteiger partial charge on any atom is -0.444 e. The molecule has 0 aromatic carbocycles. The van der Waals surface area contributed by atoms with Gasteiger partial charge in [0.05, 0.1) is 0 Å². The number of hydrogen-bond acceptors (Lipinski definition) is 4. The smallest absolute Gasteiger partial charge is 0.407 e. The van der Waals surface area contributed by atoms with E-state index in [0.717, 1.165) is 16.6 Å². The Bertz CT molecular complexity index is 705. The van der Waals surface area contributed by atoms with Crippen LogP contribution in [0.1, 0.15) is 26.3 Å². The number of aromatic amines is 1. The minimum absolute atomic E-state index is 0.291. The molecule has 4 N–H and O–H groups in total.